The Morgan fingerprint density at radius 1 is 1.07 bits per heavy atom. The van der Waals surface area contributed by atoms with Crippen molar-refractivity contribution >= 4 is 0 Å². The highest BCUT2D eigenvalue weighted by molar-refractivity contribution is 4.74. The molecule has 0 amide bonds. The monoisotopic (exact) mass is 201 g/mol. The van der Waals surface area contributed by atoms with Gasteiger partial charge in [-0.3, -0.25) is 0 Å². The van der Waals surface area contributed by atoms with Gasteiger partial charge in [-0.05, 0) is 26.3 Å². The number of nitrogens with one attached hydrogen (secondary N) is 1. The van der Waals surface area contributed by atoms with Crippen LogP contribution in [0, 0.1) is 5.92 Å². The first-order valence-corrected chi connectivity index (χ1v) is 6.00. The van der Waals surface area contributed by atoms with Gasteiger partial charge >= 0.3 is 0 Å². The Kier molecular flexibility index (Phi) is 8.20. The summed E-state index contributed by atoms with van der Waals surface area (Å²) < 4.78 is 5.68. The van der Waals surface area contributed by atoms with Crippen LogP contribution < -0.4 is 5.32 Å². The predicted octanol–water partition coefficient (Wildman–Crippen LogP) is 2.83. The van der Waals surface area contributed by atoms with Gasteiger partial charge in [-0.1, -0.05) is 33.6 Å². The van der Waals surface area contributed by atoms with Crippen molar-refractivity contribution in [2.45, 2.75) is 59.6 Å². The van der Waals surface area contributed by atoms with E-state index in [9.17, 15) is 0 Å². The predicted molar refractivity (Wildman–Crippen MR) is 62.6 cm³/mol. The lowest BCUT2D eigenvalue weighted by atomic mass is 9.94. The van der Waals surface area contributed by atoms with Gasteiger partial charge in [0.25, 0.3) is 0 Å². The molecule has 1 unspecified atom stereocenters. The summed E-state index contributed by atoms with van der Waals surface area (Å²) >= 11 is 0. The van der Waals surface area contributed by atoms with Crippen molar-refractivity contribution in [2.24, 2.45) is 5.92 Å². The molecule has 0 aromatic heterocycles. The van der Waals surface area contributed by atoms with Gasteiger partial charge in [0.2, 0.25) is 0 Å². The van der Waals surface area contributed by atoms with Gasteiger partial charge in [-0.25, -0.2) is 0 Å². The zero-order chi connectivity index (χ0) is 11.0. The van der Waals surface area contributed by atoms with E-state index in [2.05, 4.69) is 39.9 Å². The molecule has 0 saturated heterocycles. The number of hydrogen-bond acceptors (Lipinski definition) is 2. The lowest BCUT2D eigenvalue weighted by Crippen LogP contribution is -2.40. The molecule has 0 heterocycles. The van der Waals surface area contributed by atoms with E-state index in [1.165, 1.54) is 12.8 Å². The summed E-state index contributed by atoms with van der Waals surface area (Å²) in [7, 11) is 0. The average Bonchev–Trinajstić information content (AvgIpc) is 2.15. The fourth-order valence-electron chi connectivity index (χ4n) is 1.78. The first-order chi connectivity index (χ1) is 6.65. The summed E-state index contributed by atoms with van der Waals surface area (Å²) in [5.74, 6) is 0.744. The summed E-state index contributed by atoms with van der Waals surface area (Å²) in [6.45, 7) is 12.7. The van der Waals surface area contributed by atoms with Gasteiger partial charge in [0, 0.05) is 6.04 Å². The standard InChI is InChI=1S/C12H27NO/c1-6-11(7-2)12(13-8-3)9-14-10(4)5/h10-13H,6-9H2,1-5H3. The van der Waals surface area contributed by atoms with Crippen molar-refractivity contribution in [3.63, 3.8) is 0 Å². The van der Waals surface area contributed by atoms with Gasteiger partial charge < -0.3 is 10.1 Å². The second-order valence-corrected chi connectivity index (χ2v) is 4.12. The summed E-state index contributed by atoms with van der Waals surface area (Å²) in [6, 6.07) is 0.525. The molecule has 1 N–H and O–H groups in total. The molecule has 0 aromatic carbocycles. The first-order valence-electron chi connectivity index (χ1n) is 6.00. The van der Waals surface area contributed by atoms with Crippen LogP contribution in [-0.4, -0.2) is 25.3 Å². The Labute approximate surface area is 89.4 Å². The van der Waals surface area contributed by atoms with Crippen LogP contribution in [0.2, 0.25) is 0 Å². The molecule has 0 spiro atoms. The van der Waals surface area contributed by atoms with Crippen molar-refractivity contribution < 1.29 is 4.74 Å². The van der Waals surface area contributed by atoms with E-state index in [-0.39, 0.29) is 0 Å². The number of hydrogen-bond donors (Lipinski definition) is 1. The number of likely N-dealkylation sites (N-methyl/N-ethyl adjacent to an activating group) is 1. The van der Waals surface area contributed by atoms with Crippen molar-refractivity contribution in [3.8, 4) is 0 Å². The summed E-state index contributed by atoms with van der Waals surface area (Å²) in [6.07, 6.45) is 2.80. The van der Waals surface area contributed by atoms with Crippen molar-refractivity contribution in [1.82, 2.24) is 5.32 Å². The largest absolute Gasteiger partial charge is 0.377 e. The molecule has 0 fully saturated rings. The SMILES string of the molecule is CCNC(COC(C)C)C(CC)CC. The quantitative estimate of drug-likeness (QED) is 0.652. The van der Waals surface area contributed by atoms with E-state index >= 15 is 0 Å². The van der Waals surface area contributed by atoms with E-state index in [1.807, 2.05) is 0 Å². The molecule has 2 heteroatoms. The number of rotatable bonds is 8. The van der Waals surface area contributed by atoms with Crippen molar-refractivity contribution in [1.29, 1.82) is 0 Å². The molecule has 0 radical (unpaired) electrons. The van der Waals surface area contributed by atoms with E-state index in [0.29, 0.717) is 12.1 Å². The highest BCUT2D eigenvalue weighted by atomic mass is 16.5. The van der Waals surface area contributed by atoms with Crippen LogP contribution in [-0.2, 0) is 4.74 Å². The van der Waals surface area contributed by atoms with Crippen LogP contribution in [0.25, 0.3) is 0 Å². The minimum atomic E-state index is 0.338. The molecule has 0 aliphatic carbocycles. The Bertz CT molecular complexity index is 121. The minimum absolute atomic E-state index is 0.338. The van der Waals surface area contributed by atoms with Gasteiger partial charge in [-0.2, -0.15) is 0 Å². The summed E-state index contributed by atoms with van der Waals surface area (Å²) in [5, 5.41) is 3.51. The second-order valence-electron chi connectivity index (χ2n) is 4.12. The molecule has 0 aliphatic heterocycles. The fourth-order valence-corrected chi connectivity index (χ4v) is 1.78. The molecular weight excluding hydrogens is 174 g/mol. The molecule has 0 aromatic rings. The van der Waals surface area contributed by atoms with Gasteiger partial charge in [-0.15, -0.1) is 0 Å². The Morgan fingerprint density at radius 2 is 1.64 bits per heavy atom. The smallest absolute Gasteiger partial charge is 0.0625 e. The first kappa shape index (κ1) is 13.9. The van der Waals surface area contributed by atoms with Crippen LogP contribution in [0.15, 0.2) is 0 Å². The Morgan fingerprint density at radius 3 is 2.00 bits per heavy atom. The fraction of sp³-hybridized carbons (Fsp3) is 1.00. The van der Waals surface area contributed by atoms with E-state index < -0.39 is 0 Å². The summed E-state index contributed by atoms with van der Waals surface area (Å²) in [4.78, 5) is 0. The Balaban J connectivity index is 3.98. The molecule has 0 aliphatic rings. The lowest BCUT2D eigenvalue weighted by molar-refractivity contribution is 0.0473. The normalized spacial score (nSPS) is 13.9. The van der Waals surface area contributed by atoms with Crippen molar-refractivity contribution in [3.05, 3.63) is 0 Å². The van der Waals surface area contributed by atoms with Crippen LogP contribution in [0.4, 0.5) is 0 Å². The third-order valence-electron chi connectivity index (χ3n) is 2.69. The lowest BCUT2D eigenvalue weighted by Gasteiger charge is -2.26. The maximum absolute atomic E-state index is 5.68. The minimum Gasteiger partial charge on any atom is -0.377 e. The molecule has 2 nitrogen and oxygen atoms in total. The van der Waals surface area contributed by atoms with E-state index in [4.69, 9.17) is 4.74 Å². The van der Waals surface area contributed by atoms with E-state index in [0.717, 1.165) is 19.1 Å². The molecular formula is C12H27NO. The van der Waals surface area contributed by atoms with Crippen LogP contribution in [0.5, 0.6) is 0 Å². The maximum atomic E-state index is 5.68. The third-order valence-corrected chi connectivity index (χ3v) is 2.69. The molecule has 0 saturated carbocycles. The van der Waals surface area contributed by atoms with Crippen molar-refractivity contribution in [2.75, 3.05) is 13.2 Å². The van der Waals surface area contributed by atoms with Gasteiger partial charge in [0.05, 0.1) is 12.7 Å². The number of ether oxygens (including phenoxy) is 1. The zero-order valence-electron chi connectivity index (χ0n) is 10.5. The molecule has 14 heavy (non-hydrogen) atoms. The molecule has 1 atom stereocenters. The molecule has 86 valence electrons. The van der Waals surface area contributed by atoms with Crippen LogP contribution >= 0.6 is 0 Å². The molecule has 0 rings (SSSR count). The van der Waals surface area contributed by atoms with Gasteiger partial charge in [0.1, 0.15) is 0 Å². The molecule has 0 bridgehead atoms. The maximum Gasteiger partial charge on any atom is 0.0625 e. The van der Waals surface area contributed by atoms with Gasteiger partial charge in [0.15, 0.2) is 0 Å². The topological polar surface area (TPSA) is 21.3 Å². The third kappa shape index (κ3) is 5.61. The Hall–Kier alpha value is -0.0800. The summed E-state index contributed by atoms with van der Waals surface area (Å²) in [5.41, 5.74) is 0. The average molecular weight is 201 g/mol. The zero-order valence-corrected chi connectivity index (χ0v) is 10.5. The van der Waals surface area contributed by atoms with Crippen LogP contribution in [0.3, 0.4) is 0 Å². The van der Waals surface area contributed by atoms with Crippen LogP contribution in [0.1, 0.15) is 47.5 Å². The van der Waals surface area contributed by atoms with E-state index in [1.54, 1.807) is 0 Å². The second kappa shape index (κ2) is 8.25. The highest BCUT2D eigenvalue weighted by Gasteiger charge is 2.17. The highest BCUT2D eigenvalue weighted by Crippen LogP contribution is 2.14.